The van der Waals surface area contributed by atoms with Crippen molar-refractivity contribution in [3.8, 4) is 11.5 Å². The van der Waals surface area contributed by atoms with Crippen LogP contribution in [0.25, 0.3) is 22.4 Å². The number of fused-ring (bicyclic) bond motifs is 1. The number of rotatable bonds is 3. The first-order valence-electron chi connectivity index (χ1n) is 8.14. The van der Waals surface area contributed by atoms with Gasteiger partial charge in [0.25, 0.3) is 5.89 Å². The fourth-order valence-corrected chi connectivity index (χ4v) is 3.17. The Morgan fingerprint density at radius 2 is 2.04 bits per heavy atom. The molecule has 5 nitrogen and oxygen atoms in total. The van der Waals surface area contributed by atoms with Gasteiger partial charge < -0.3 is 9.42 Å². The summed E-state index contributed by atoms with van der Waals surface area (Å²) < 4.78 is 5.45. The van der Waals surface area contributed by atoms with Gasteiger partial charge in [0.1, 0.15) is 0 Å². The summed E-state index contributed by atoms with van der Waals surface area (Å²) in [6.07, 6.45) is 5.11. The van der Waals surface area contributed by atoms with Gasteiger partial charge in [-0.1, -0.05) is 23.4 Å². The molecule has 3 aromatic rings. The van der Waals surface area contributed by atoms with Crippen molar-refractivity contribution in [2.45, 2.75) is 19.3 Å². The lowest BCUT2D eigenvalue weighted by Crippen LogP contribution is -2.31. The molecule has 5 heteroatoms. The highest BCUT2D eigenvalue weighted by Gasteiger charge is 2.20. The molecule has 118 valence electrons. The first-order chi connectivity index (χ1) is 11.3. The van der Waals surface area contributed by atoms with Crippen LogP contribution in [-0.2, 0) is 6.42 Å². The summed E-state index contributed by atoms with van der Waals surface area (Å²) in [6.45, 7) is 2.31. The zero-order chi connectivity index (χ0) is 15.6. The third-order valence-corrected chi connectivity index (χ3v) is 4.61. The highest BCUT2D eigenvalue weighted by atomic mass is 16.5. The minimum absolute atomic E-state index is 0.561. The predicted molar refractivity (Wildman–Crippen MR) is 89.0 cm³/mol. The van der Waals surface area contributed by atoms with Crippen molar-refractivity contribution < 1.29 is 4.52 Å². The quantitative estimate of drug-likeness (QED) is 0.744. The van der Waals surface area contributed by atoms with E-state index in [9.17, 15) is 0 Å². The van der Waals surface area contributed by atoms with Crippen LogP contribution < -0.4 is 0 Å². The van der Waals surface area contributed by atoms with Crippen molar-refractivity contribution in [1.82, 2.24) is 20.0 Å². The molecule has 0 unspecified atom stereocenters. The largest absolute Gasteiger partial charge is 0.334 e. The molecule has 0 amide bonds. The highest BCUT2D eigenvalue weighted by Crippen LogP contribution is 2.23. The van der Waals surface area contributed by atoms with Gasteiger partial charge in [-0.3, -0.25) is 4.98 Å². The molecular formula is C18H20N4O. The van der Waals surface area contributed by atoms with E-state index < -0.39 is 0 Å². The average Bonchev–Trinajstić information content (AvgIpc) is 3.05. The van der Waals surface area contributed by atoms with Gasteiger partial charge in [-0.05, 0) is 51.0 Å². The van der Waals surface area contributed by atoms with Crippen LogP contribution in [0, 0.1) is 5.92 Å². The molecule has 2 aromatic heterocycles. The molecule has 0 spiro atoms. The Hall–Kier alpha value is -2.27. The van der Waals surface area contributed by atoms with E-state index in [0.29, 0.717) is 11.8 Å². The van der Waals surface area contributed by atoms with Crippen molar-refractivity contribution in [2.24, 2.45) is 5.92 Å². The molecule has 3 heterocycles. The maximum Gasteiger partial charge on any atom is 0.259 e. The van der Waals surface area contributed by atoms with Gasteiger partial charge in [-0.2, -0.15) is 4.98 Å². The van der Waals surface area contributed by atoms with E-state index in [0.717, 1.165) is 41.8 Å². The molecule has 0 atom stereocenters. The summed E-state index contributed by atoms with van der Waals surface area (Å²) in [4.78, 5) is 11.4. The van der Waals surface area contributed by atoms with Crippen molar-refractivity contribution >= 4 is 10.9 Å². The van der Waals surface area contributed by atoms with Crippen LogP contribution in [-0.4, -0.2) is 40.2 Å². The molecule has 0 N–H and O–H groups in total. The molecule has 23 heavy (non-hydrogen) atoms. The first kappa shape index (κ1) is 14.3. The summed E-state index contributed by atoms with van der Waals surface area (Å²) >= 11 is 0. The Balaban J connectivity index is 1.52. The summed E-state index contributed by atoms with van der Waals surface area (Å²) in [5.41, 5.74) is 1.85. The van der Waals surface area contributed by atoms with E-state index in [2.05, 4.69) is 33.1 Å². The summed E-state index contributed by atoms with van der Waals surface area (Å²) in [7, 11) is 2.18. The maximum absolute atomic E-state index is 5.45. The first-order valence-corrected chi connectivity index (χ1v) is 8.14. The molecule has 0 aliphatic carbocycles. The number of para-hydroxylation sites is 1. The van der Waals surface area contributed by atoms with Gasteiger partial charge >= 0.3 is 0 Å². The second-order valence-corrected chi connectivity index (χ2v) is 6.38. The number of pyridine rings is 1. The fourth-order valence-electron chi connectivity index (χ4n) is 3.17. The molecule has 1 aliphatic heterocycles. The van der Waals surface area contributed by atoms with Crippen LogP contribution >= 0.6 is 0 Å². The van der Waals surface area contributed by atoms with Crippen molar-refractivity contribution in [3.63, 3.8) is 0 Å². The van der Waals surface area contributed by atoms with Gasteiger partial charge in [0.05, 0.1) is 11.1 Å². The van der Waals surface area contributed by atoms with Gasteiger partial charge in [0, 0.05) is 18.0 Å². The summed E-state index contributed by atoms with van der Waals surface area (Å²) in [5, 5.41) is 5.24. The molecule has 0 bridgehead atoms. The van der Waals surface area contributed by atoms with Gasteiger partial charge in [0.2, 0.25) is 0 Å². The molecule has 1 aliphatic rings. The number of nitrogens with zero attached hydrogens (tertiary/aromatic N) is 4. The van der Waals surface area contributed by atoms with Gasteiger partial charge in [-0.25, -0.2) is 0 Å². The van der Waals surface area contributed by atoms with Crippen molar-refractivity contribution in [3.05, 3.63) is 42.4 Å². The molecule has 0 radical (unpaired) electrons. The van der Waals surface area contributed by atoms with E-state index >= 15 is 0 Å². The lowest BCUT2D eigenvalue weighted by Gasteiger charge is -2.27. The lowest BCUT2D eigenvalue weighted by molar-refractivity contribution is 0.216. The van der Waals surface area contributed by atoms with Crippen molar-refractivity contribution in [2.75, 3.05) is 20.1 Å². The van der Waals surface area contributed by atoms with Crippen LogP contribution in [0.1, 0.15) is 18.7 Å². The summed E-state index contributed by atoms with van der Waals surface area (Å²) in [5.74, 6) is 2.03. The van der Waals surface area contributed by atoms with Crippen LogP contribution in [0.5, 0.6) is 0 Å². The topological polar surface area (TPSA) is 55.1 Å². The average molecular weight is 308 g/mol. The van der Waals surface area contributed by atoms with E-state index in [1.54, 1.807) is 6.20 Å². The van der Waals surface area contributed by atoms with Gasteiger partial charge in [-0.15, -0.1) is 0 Å². The number of likely N-dealkylation sites (tertiary alicyclic amines) is 1. The normalized spacial score (nSPS) is 16.9. The minimum atomic E-state index is 0.561. The van der Waals surface area contributed by atoms with E-state index in [4.69, 9.17) is 4.52 Å². The summed E-state index contributed by atoms with van der Waals surface area (Å²) in [6, 6.07) is 10.1. The molecule has 1 saturated heterocycles. The second kappa shape index (κ2) is 6.08. The predicted octanol–water partition coefficient (Wildman–Crippen LogP) is 3.17. The number of benzene rings is 1. The number of hydrogen-bond donors (Lipinski definition) is 0. The Kier molecular flexibility index (Phi) is 3.79. The Morgan fingerprint density at radius 3 is 2.91 bits per heavy atom. The third-order valence-electron chi connectivity index (χ3n) is 4.61. The molecular weight excluding hydrogens is 288 g/mol. The van der Waals surface area contributed by atoms with Gasteiger partial charge in [0.15, 0.2) is 5.82 Å². The number of hydrogen-bond acceptors (Lipinski definition) is 5. The highest BCUT2D eigenvalue weighted by molar-refractivity contribution is 5.81. The SMILES string of the molecule is CN1CCC(Cc2noc(-c3cnc4ccccc4c3)n2)CC1. The number of aromatic nitrogens is 3. The standard InChI is InChI=1S/C18H20N4O/c1-22-8-6-13(7-9-22)10-17-20-18(23-21-17)15-11-14-4-2-3-5-16(14)19-12-15/h2-5,11-13H,6-10H2,1H3. The Morgan fingerprint density at radius 1 is 1.22 bits per heavy atom. The fraction of sp³-hybridized carbons (Fsp3) is 0.389. The van der Waals surface area contributed by atoms with Crippen LogP contribution in [0.3, 0.4) is 0 Å². The van der Waals surface area contributed by atoms with Crippen LogP contribution in [0.4, 0.5) is 0 Å². The van der Waals surface area contributed by atoms with E-state index in [-0.39, 0.29) is 0 Å². The van der Waals surface area contributed by atoms with Crippen molar-refractivity contribution in [1.29, 1.82) is 0 Å². The molecule has 4 rings (SSSR count). The smallest absolute Gasteiger partial charge is 0.259 e. The van der Waals surface area contributed by atoms with Crippen LogP contribution in [0.15, 0.2) is 41.1 Å². The third kappa shape index (κ3) is 3.10. The molecule has 1 fully saturated rings. The minimum Gasteiger partial charge on any atom is -0.334 e. The molecule has 0 saturated carbocycles. The Bertz CT molecular complexity index is 805. The second-order valence-electron chi connectivity index (χ2n) is 6.38. The van der Waals surface area contributed by atoms with E-state index in [1.807, 2.05) is 24.3 Å². The lowest BCUT2D eigenvalue weighted by atomic mass is 9.94. The Labute approximate surface area is 135 Å². The maximum atomic E-state index is 5.45. The monoisotopic (exact) mass is 308 g/mol. The molecule has 1 aromatic carbocycles. The zero-order valence-corrected chi connectivity index (χ0v) is 13.3. The number of piperidine rings is 1. The zero-order valence-electron chi connectivity index (χ0n) is 13.3. The van der Waals surface area contributed by atoms with E-state index in [1.165, 1.54) is 12.8 Å². The van der Waals surface area contributed by atoms with Crippen LogP contribution in [0.2, 0.25) is 0 Å².